The average Bonchev–Trinajstić information content (AvgIpc) is 3.12. The first-order chi connectivity index (χ1) is 9.03. The van der Waals surface area contributed by atoms with E-state index in [0.29, 0.717) is 12.8 Å². The molecule has 0 unspecified atom stereocenters. The Hall–Kier alpha value is -1.43. The van der Waals surface area contributed by atoms with Gasteiger partial charge in [-0.1, -0.05) is 6.92 Å². The van der Waals surface area contributed by atoms with Gasteiger partial charge in [-0.2, -0.15) is 0 Å². The Balaban J connectivity index is 2.07. The van der Waals surface area contributed by atoms with Gasteiger partial charge in [0.15, 0.2) is 0 Å². The number of nitrogens with zero attached hydrogens (tertiary/aromatic N) is 1. The Morgan fingerprint density at radius 1 is 1.58 bits per heavy atom. The molecule has 6 heteroatoms. The summed E-state index contributed by atoms with van der Waals surface area (Å²) in [6.07, 6.45) is 3.68. The highest BCUT2D eigenvalue weighted by Crippen LogP contribution is 2.47. The van der Waals surface area contributed by atoms with Crippen molar-refractivity contribution in [3.8, 4) is 0 Å². The molecule has 1 aliphatic carbocycles. The quantitative estimate of drug-likeness (QED) is 0.662. The molecule has 0 spiro atoms. The van der Waals surface area contributed by atoms with Crippen LogP contribution >= 0.6 is 11.3 Å². The molecule has 0 saturated heterocycles. The minimum Gasteiger partial charge on any atom is -0.468 e. The number of rotatable bonds is 5. The summed E-state index contributed by atoms with van der Waals surface area (Å²) in [4.78, 5) is 29.3. The maximum absolute atomic E-state index is 12.2. The van der Waals surface area contributed by atoms with Gasteiger partial charge < -0.3 is 10.1 Å². The van der Waals surface area contributed by atoms with Crippen molar-refractivity contribution < 1.29 is 14.3 Å². The van der Waals surface area contributed by atoms with Crippen LogP contribution in [-0.4, -0.2) is 24.0 Å². The van der Waals surface area contributed by atoms with Crippen molar-refractivity contribution in [1.29, 1.82) is 0 Å². The lowest BCUT2D eigenvalue weighted by Gasteiger charge is -2.18. The van der Waals surface area contributed by atoms with Gasteiger partial charge in [-0.05, 0) is 26.2 Å². The van der Waals surface area contributed by atoms with Crippen molar-refractivity contribution in [2.75, 3.05) is 7.11 Å². The largest absolute Gasteiger partial charge is 0.468 e. The Kier molecular flexibility index (Phi) is 3.89. The summed E-state index contributed by atoms with van der Waals surface area (Å²) in [6.45, 7) is 3.96. The fourth-order valence-corrected chi connectivity index (χ4v) is 2.92. The maximum atomic E-state index is 12.2. The van der Waals surface area contributed by atoms with E-state index in [0.717, 1.165) is 16.3 Å². The van der Waals surface area contributed by atoms with E-state index in [-0.39, 0.29) is 11.9 Å². The van der Waals surface area contributed by atoms with Gasteiger partial charge >= 0.3 is 5.97 Å². The third-order valence-electron chi connectivity index (χ3n) is 3.41. The number of aromatic nitrogens is 1. The lowest BCUT2D eigenvalue weighted by atomic mass is 10.1. The van der Waals surface area contributed by atoms with Crippen LogP contribution in [0.1, 0.15) is 42.1 Å². The average molecular weight is 282 g/mol. The van der Waals surface area contributed by atoms with E-state index >= 15 is 0 Å². The smallest absolute Gasteiger partial charge is 0.321 e. The molecule has 0 aliphatic heterocycles. The second kappa shape index (κ2) is 5.28. The molecule has 1 aliphatic rings. The molecule has 0 bridgehead atoms. The number of methoxy groups -OCH3 is 1. The number of thiazole rings is 1. The third-order valence-corrected chi connectivity index (χ3v) is 4.44. The van der Waals surface area contributed by atoms with Gasteiger partial charge in [0.2, 0.25) is 5.91 Å². The highest BCUT2D eigenvalue weighted by atomic mass is 32.1. The van der Waals surface area contributed by atoms with Crippen LogP contribution in [0.4, 0.5) is 0 Å². The minimum atomic E-state index is -0.950. The molecule has 1 aromatic heterocycles. The number of hydrogen-bond donors (Lipinski definition) is 1. The molecule has 1 N–H and O–H groups in total. The predicted octanol–water partition coefficient (Wildman–Crippen LogP) is 1.97. The Morgan fingerprint density at radius 3 is 2.68 bits per heavy atom. The van der Waals surface area contributed by atoms with Crippen molar-refractivity contribution in [2.24, 2.45) is 5.41 Å². The summed E-state index contributed by atoms with van der Waals surface area (Å²) in [5.74, 6) is -0.672. The SMILES string of the molecule is CC[C@@H](NC(=O)C1(C(=O)OC)CC1)c1ncc(C)s1. The molecule has 0 radical (unpaired) electrons. The van der Waals surface area contributed by atoms with E-state index < -0.39 is 11.4 Å². The normalized spacial score (nSPS) is 17.6. The van der Waals surface area contributed by atoms with Gasteiger partial charge in [0.25, 0.3) is 0 Å². The first kappa shape index (κ1) is 14.0. The van der Waals surface area contributed by atoms with Crippen LogP contribution in [0.3, 0.4) is 0 Å². The molecule has 1 fully saturated rings. The van der Waals surface area contributed by atoms with Crippen molar-refractivity contribution in [2.45, 2.75) is 39.2 Å². The van der Waals surface area contributed by atoms with E-state index in [2.05, 4.69) is 10.3 Å². The van der Waals surface area contributed by atoms with Crippen molar-refractivity contribution >= 4 is 23.2 Å². The Morgan fingerprint density at radius 2 is 2.26 bits per heavy atom. The van der Waals surface area contributed by atoms with Crippen molar-refractivity contribution in [3.63, 3.8) is 0 Å². The van der Waals surface area contributed by atoms with E-state index in [1.807, 2.05) is 13.8 Å². The number of ether oxygens (including phenoxy) is 1. The van der Waals surface area contributed by atoms with E-state index in [1.165, 1.54) is 7.11 Å². The number of esters is 1. The topological polar surface area (TPSA) is 68.3 Å². The summed E-state index contributed by atoms with van der Waals surface area (Å²) >= 11 is 1.57. The lowest BCUT2D eigenvalue weighted by molar-refractivity contribution is -0.152. The van der Waals surface area contributed by atoms with Crippen LogP contribution in [0.15, 0.2) is 6.20 Å². The number of aryl methyl sites for hydroxylation is 1. The first-order valence-electron chi connectivity index (χ1n) is 6.35. The number of amides is 1. The number of carbonyl (C=O) groups excluding carboxylic acids is 2. The number of carbonyl (C=O) groups is 2. The van der Waals surface area contributed by atoms with Gasteiger partial charge in [-0.15, -0.1) is 11.3 Å². The predicted molar refractivity (Wildman–Crippen MR) is 71.7 cm³/mol. The van der Waals surface area contributed by atoms with Gasteiger partial charge in [-0.3, -0.25) is 9.59 Å². The first-order valence-corrected chi connectivity index (χ1v) is 7.17. The molecular weight excluding hydrogens is 264 g/mol. The van der Waals surface area contributed by atoms with Crippen LogP contribution in [0.2, 0.25) is 0 Å². The fourth-order valence-electron chi connectivity index (χ4n) is 2.01. The van der Waals surface area contributed by atoms with Gasteiger partial charge in [0, 0.05) is 11.1 Å². The third kappa shape index (κ3) is 2.63. The zero-order valence-corrected chi connectivity index (χ0v) is 12.2. The fraction of sp³-hybridized carbons (Fsp3) is 0.615. The summed E-state index contributed by atoms with van der Waals surface area (Å²) in [5.41, 5.74) is -0.950. The minimum absolute atomic E-state index is 0.131. The Labute approximate surface area is 116 Å². The van der Waals surface area contributed by atoms with Crippen LogP contribution in [-0.2, 0) is 14.3 Å². The van der Waals surface area contributed by atoms with Crippen LogP contribution < -0.4 is 5.32 Å². The molecule has 1 heterocycles. The molecule has 1 saturated carbocycles. The summed E-state index contributed by atoms with van der Waals surface area (Å²) in [7, 11) is 1.32. The second-order valence-electron chi connectivity index (χ2n) is 4.82. The van der Waals surface area contributed by atoms with Crippen LogP contribution in [0.25, 0.3) is 0 Å². The zero-order chi connectivity index (χ0) is 14.0. The number of nitrogens with one attached hydrogen (secondary N) is 1. The summed E-state index contributed by atoms with van der Waals surface area (Å²) < 4.78 is 4.71. The molecule has 0 aromatic carbocycles. The van der Waals surface area contributed by atoms with Crippen molar-refractivity contribution in [1.82, 2.24) is 10.3 Å². The van der Waals surface area contributed by atoms with E-state index in [9.17, 15) is 9.59 Å². The van der Waals surface area contributed by atoms with E-state index in [4.69, 9.17) is 4.74 Å². The number of hydrogen-bond acceptors (Lipinski definition) is 5. The van der Waals surface area contributed by atoms with Gasteiger partial charge in [0.1, 0.15) is 10.4 Å². The summed E-state index contributed by atoms with van der Waals surface area (Å²) in [6, 6.07) is -0.131. The molecular formula is C13H18N2O3S. The van der Waals surface area contributed by atoms with Crippen molar-refractivity contribution in [3.05, 3.63) is 16.1 Å². The van der Waals surface area contributed by atoms with E-state index in [1.54, 1.807) is 17.5 Å². The molecule has 19 heavy (non-hydrogen) atoms. The molecule has 1 atom stereocenters. The summed E-state index contributed by atoms with van der Waals surface area (Å²) in [5, 5.41) is 3.81. The highest BCUT2D eigenvalue weighted by Gasteiger charge is 2.58. The Bertz CT molecular complexity index is 494. The molecule has 5 nitrogen and oxygen atoms in total. The zero-order valence-electron chi connectivity index (χ0n) is 11.4. The molecule has 104 valence electrons. The van der Waals surface area contributed by atoms with Gasteiger partial charge in [-0.25, -0.2) is 4.98 Å². The molecule has 1 amide bonds. The standard InChI is InChI=1S/C13H18N2O3S/c1-4-9(10-14-7-8(2)19-10)15-11(16)13(5-6-13)12(17)18-3/h7,9H,4-6H2,1-3H3,(H,15,16)/t9-/m1/s1. The maximum Gasteiger partial charge on any atom is 0.321 e. The van der Waals surface area contributed by atoms with Crippen LogP contribution in [0.5, 0.6) is 0 Å². The molecule has 2 rings (SSSR count). The second-order valence-corrected chi connectivity index (χ2v) is 6.08. The van der Waals surface area contributed by atoms with Gasteiger partial charge in [0.05, 0.1) is 13.2 Å². The highest BCUT2D eigenvalue weighted by molar-refractivity contribution is 7.11. The lowest BCUT2D eigenvalue weighted by Crippen LogP contribution is -2.39. The van der Waals surface area contributed by atoms with Crippen LogP contribution in [0, 0.1) is 12.3 Å². The monoisotopic (exact) mass is 282 g/mol. The molecule has 1 aromatic rings.